The summed E-state index contributed by atoms with van der Waals surface area (Å²) in [7, 11) is 0. The SMILES string of the molecule is [C-]#[N+]c1ccc(OCC(=O)OCC)c([N+](=O)[O-])c1. The maximum absolute atomic E-state index is 11.1. The standard InChI is InChI=1S/C11H10N2O5/c1-3-17-11(14)7-18-10-5-4-8(12-2)6-9(10)13(15)16/h4-6H,3,7H2,1H3. The van der Waals surface area contributed by atoms with Crippen molar-refractivity contribution in [3.05, 3.63) is 39.7 Å². The zero-order valence-corrected chi connectivity index (χ0v) is 9.58. The van der Waals surface area contributed by atoms with Gasteiger partial charge in [-0.15, -0.1) is 0 Å². The quantitative estimate of drug-likeness (QED) is 0.346. The van der Waals surface area contributed by atoms with Gasteiger partial charge in [-0.3, -0.25) is 10.1 Å². The van der Waals surface area contributed by atoms with E-state index in [9.17, 15) is 14.9 Å². The number of nitro groups is 1. The summed E-state index contributed by atoms with van der Waals surface area (Å²) in [5.41, 5.74) is -0.224. The number of nitrogens with zero attached hydrogens (tertiary/aromatic N) is 2. The van der Waals surface area contributed by atoms with Gasteiger partial charge in [0, 0.05) is 6.07 Å². The summed E-state index contributed by atoms with van der Waals surface area (Å²) in [5.74, 6) is -0.679. The van der Waals surface area contributed by atoms with Gasteiger partial charge >= 0.3 is 11.7 Å². The number of nitro benzene ring substituents is 1. The lowest BCUT2D eigenvalue weighted by Crippen LogP contribution is -2.15. The van der Waals surface area contributed by atoms with Gasteiger partial charge in [0.2, 0.25) is 0 Å². The van der Waals surface area contributed by atoms with Crippen LogP contribution >= 0.6 is 0 Å². The fraction of sp³-hybridized carbons (Fsp3) is 0.273. The summed E-state index contributed by atoms with van der Waals surface area (Å²) in [6.07, 6.45) is 0. The Balaban J connectivity index is 2.86. The van der Waals surface area contributed by atoms with Crippen LogP contribution in [0.3, 0.4) is 0 Å². The van der Waals surface area contributed by atoms with Crippen molar-refractivity contribution in [2.75, 3.05) is 13.2 Å². The van der Waals surface area contributed by atoms with Crippen molar-refractivity contribution in [2.24, 2.45) is 0 Å². The van der Waals surface area contributed by atoms with E-state index in [2.05, 4.69) is 9.58 Å². The number of benzene rings is 1. The number of hydrogen-bond donors (Lipinski definition) is 0. The van der Waals surface area contributed by atoms with Gasteiger partial charge in [-0.25, -0.2) is 9.64 Å². The third-order valence-corrected chi connectivity index (χ3v) is 1.92. The van der Waals surface area contributed by atoms with Gasteiger partial charge in [-0.1, -0.05) is 6.07 Å². The molecule has 7 heteroatoms. The molecule has 0 amide bonds. The molecular weight excluding hydrogens is 240 g/mol. The van der Waals surface area contributed by atoms with Gasteiger partial charge < -0.3 is 9.47 Å². The Morgan fingerprint density at radius 2 is 2.28 bits per heavy atom. The van der Waals surface area contributed by atoms with Crippen molar-refractivity contribution < 1.29 is 19.2 Å². The molecule has 0 aliphatic heterocycles. The maximum atomic E-state index is 11.1. The van der Waals surface area contributed by atoms with Crippen molar-refractivity contribution in [2.45, 2.75) is 6.92 Å². The third-order valence-electron chi connectivity index (χ3n) is 1.92. The molecular formula is C11H10N2O5. The van der Waals surface area contributed by atoms with Crippen LogP contribution in [-0.4, -0.2) is 24.1 Å². The van der Waals surface area contributed by atoms with Crippen LogP contribution < -0.4 is 4.74 Å². The van der Waals surface area contributed by atoms with E-state index in [1.807, 2.05) is 0 Å². The highest BCUT2D eigenvalue weighted by atomic mass is 16.6. The molecule has 0 atom stereocenters. The third kappa shape index (κ3) is 3.45. The van der Waals surface area contributed by atoms with E-state index in [4.69, 9.17) is 11.3 Å². The second kappa shape index (κ2) is 6.20. The van der Waals surface area contributed by atoms with E-state index in [1.165, 1.54) is 12.1 Å². The summed E-state index contributed by atoms with van der Waals surface area (Å²) in [4.78, 5) is 24.2. The van der Waals surface area contributed by atoms with Gasteiger partial charge in [0.05, 0.1) is 18.1 Å². The summed E-state index contributed by atoms with van der Waals surface area (Å²) in [6.45, 7) is 8.21. The Bertz CT molecular complexity index is 507. The van der Waals surface area contributed by atoms with Crippen LogP contribution in [0.5, 0.6) is 5.75 Å². The molecule has 0 N–H and O–H groups in total. The lowest BCUT2D eigenvalue weighted by Gasteiger charge is -2.06. The molecule has 0 unspecified atom stereocenters. The fourth-order valence-electron chi connectivity index (χ4n) is 1.18. The van der Waals surface area contributed by atoms with Gasteiger partial charge in [0.25, 0.3) is 0 Å². The minimum absolute atomic E-state index is 0.0690. The fourth-order valence-corrected chi connectivity index (χ4v) is 1.18. The molecule has 0 saturated carbocycles. The Morgan fingerprint density at radius 1 is 1.56 bits per heavy atom. The van der Waals surface area contributed by atoms with Gasteiger partial charge in [-0.2, -0.15) is 0 Å². The summed E-state index contributed by atoms with van der Waals surface area (Å²) in [5, 5.41) is 10.8. The molecule has 0 aromatic heterocycles. The van der Waals surface area contributed by atoms with Crippen LogP contribution in [0.2, 0.25) is 0 Å². The number of esters is 1. The van der Waals surface area contributed by atoms with Crippen LogP contribution in [0.25, 0.3) is 4.85 Å². The Hall–Kier alpha value is -2.62. The van der Waals surface area contributed by atoms with Crippen molar-refractivity contribution >= 4 is 17.3 Å². The zero-order chi connectivity index (χ0) is 13.5. The predicted molar refractivity (Wildman–Crippen MR) is 61.5 cm³/mol. The summed E-state index contributed by atoms with van der Waals surface area (Å²) >= 11 is 0. The van der Waals surface area contributed by atoms with E-state index in [-0.39, 0.29) is 23.7 Å². The molecule has 0 aliphatic rings. The topological polar surface area (TPSA) is 83.0 Å². The van der Waals surface area contributed by atoms with Crippen LogP contribution in [-0.2, 0) is 9.53 Å². The molecule has 18 heavy (non-hydrogen) atoms. The van der Waals surface area contributed by atoms with Crippen LogP contribution in [0.15, 0.2) is 18.2 Å². The number of carbonyl (C=O) groups excluding carboxylic acids is 1. The Morgan fingerprint density at radius 3 is 2.83 bits per heavy atom. The lowest BCUT2D eigenvalue weighted by molar-refractivity contribution is -0.385. The minimum Gasteiger partial charge on any atom is -0.475 e. The first-order chi connectivity index (χ1) is 8.58. The molecule has 1 aromatic carbocycles. The van der Waals surface area contributed by atoms with Crippen LogP contribution in [0.1, 0.15) is 6.92 Å². The molecule has 0 spiro atoms. The normalized spacial score (nSPS) is 9.33. The number of rotatable bonds is 5. The molecule has 0 fully saturated rings. The van der Waals surface area contributed by atoms with Gasteiger partial charge in [0.15, 0.2) is 18.0 Å². The Kier molecular flexibility index (Phi) is 4.63. The highest BCUT2D eigenvalue weighted by Gasteiger charge is 2.17. The van der Waals surface area contributed by atoms with Crippen LogP contribution in [0, 0.1) is 16.7 Å². The minimum atomic E-state index is -0.671. The zero-order valence-electron chi connectivity index (χ0n) is 9.58. The number of carbonyl (C=O) groups is 1. The van der Waals surface area contributed by atoms with E-state index in [1.54, 1.807) is 6.92 Å². The van der Waals surface area contributed by atoms with Crippen molar-refractivity contribution in [3.63, 3.8) is 0 Å². The molecule has 0 radical (unpaired) electrons. The Labute approximate surface area is 103 Å². The van der Waals surface area contributed by atoms with Crippen molar-refractivity contribution in [1.82, 2.24) is 0 Å². The van der Waals surface area contributed by atoms with E-state index < -0.39 is 17.5 Å². The molecule has 0 aliphatic carbocycles. The first-order valence-corrected chi connectivity index (χ1v) is 5.02. The molecule has 0 bridgehead atoms. The molecule has 0 saturated heterocycles. The highest BCUT2D eigenvalue weighted by molar-refractivity contribution is 5.71. The van der Waals surface area contributed by atoms with E-state index in [0.717, 1.165) is 6.07 Å². The van der Waals surface area contributed by atoms with Crippen molar-refractivity contribution in [3.8, 4) is 5.75 Å². The monoisotopic (exact) mass is 250 g/mol. The average Bonchev–Trinajstić information content (AvgIpc) is 2.36. The highest BCUT2D eigenvalue weighted by Crippen LogP contribution is 2.31. The van der Waals surface area contributed by atoms with Gasteiger partial charge in [0.1, 0.15) is 0 Å². The van der Waals surface area contributed by atoms with Gasteiger partial charge in [-0.05, 0) is 13.0 Å². The number of hydrogen-bond acceptors (Lipinski definition) is 5. The molecule has 1 aromatic rings. The molecule has 7 nitrogen and oxygen atoms in total. The van der Waals surface area contributed by atoms with Crippen molar-refractivity contribution in [1.29, 1.82) is 0 Å². The first-order valence-electron chi connectivity index (χ1n) is 5.02. The number of ether oxygens (including phenoxy) is 2. The molecule has 94 valence electrons. The first kappa shape index (κ1) is 13.4. The maximum Gasteiger partial charge on any atom is 0.344 e. The molecule has 1 rings (SSSR count). The average molecular weight is 250 g/mol. The van der Waals surface area contributed by atoms with E-state index in [0.29, 0.717) is 0 Å². The predicted octanol–water partition coefficient (Wildman–Crippen LogP) is 2.09. The largest absolute Gasteiger partial charge is 0.475 e. The van der Waals surface area contributed by atoms with Crippen LogP contribution in [0.4, 0.5) is 11.4 Å². The smallest absolute Gasteiger partial charge is 0.344 e. The van der Waals surface area contributed by atoms with E-state index >= 15 is 0 Å². The summed E-state index contributed by atoms with van der Waals surface area (Å²) in [6, 6.07) is 3.75. The second-order valence-electron chi connectivity index (χ2n) is 3.11. The lowest BCUT2D eigenvalue weighted by atomic mass is 10.2. The second-order valence-corrected chi connectivity index (χ2v) is 3.11. The summed E-state index contributed by atoms with van der Waals surface area (Å²) < 4.78 is 9.62. The molecule has 0 heterocycles.